The van der Waals surface area contributed by atoms with Crippen LogP contribution in [-0.2, 0) is 0 Å². The van der Waals surface area contributed by atoms with Crippen molar-refractivity contribution in [1.29, 1.82) is 0 Å². The average Bonchev–Trinajstić information content (AvgIpc) is 2.79. The van der Waals surface area contributed by atoms with Crippen LogP contribution >= 0.6 is 0 Å². The Hall–Kier alpha value is -2.97. The number of nitro benzene ring substituents is 1. The Labute approximate surface area is 112 Å². The molecule has 0 amide bonds. The summed E-state index contributed by atoms with van der Waals surface area (Å²) in [6, 6.07) is 3.94. The van der Waals surface area contributed by atoms with Crippen molar-refractivity contribution in [1.82, 2.24) is 15.0 Å². The van der Waals surface area contributed by atoms with Gasteiger partial charge in [0.25, 0.3) is 5.69 Å². The Morgan fingerprint density at radius 3 is 2.70 bits per heavy atom. The molecule has 0 fully saturated rings. The molecule has 20 heavy (non-hydrogen) atoms. The lowest BCUT2D eigenvalue weighted by atomic mass is 10.2. The summed E-state index contributed by atoms with van der Waals surface area (Å²) in [5.74, 6) is -0.904. The van der Waals surface area contributed by atoms with Gasteiger partial charge in [-0.05, 0) is 13.0 Å². The zero-order chi connectivity index (χ0) is 14.9. The lowest BCUT2D eigenvalue weighted by Gasteiger charge is -2.08. The average molecular weight is 278 g/mol. The van der Waals surface area contributed by atoms with Crippen LogP contribution in [0.3, 0.4) is 0 Å². The van der Waals surface area contributed by atoms with Crippen LogP contribution in [0.1, 0.15) is 16.2 Å². The summed E-state index contributed by atoms with van der Waals surface area (Å²) in [5.41, 5.74) is 0.113. The number of non-ortho nitro benzene ring substituents is 1. The largest absolute Gasteiger partial charge is 0.494 e. The van der Waals surface area contributed by atoms with Crippen LogP contribution < -0.4 is 4.74 Å². The molecule has 1 heterocycles. The molecule has 0 radical (unpaired) electrons. The molecular weight excluding hydrogens is 268 g/mol. The highest BCUT2D eigenvalue weighted by Gasteiger charge is 2.20. The van der Waals surface area contributed by atoms with E-state index in [1.54, 1.807) is 0 Å². The molecule has 0 atom stereocenters. The van der Waals surface area contributed by atoms with Crippen LogP contribution in [0.5, 0.6) is 5.75 Å². The van der Waals surface area contributed by atoms with Crippen molar-refractivity contribution in [3.05, 3.63) is 39.7 Å². The smallest absolute Gasteiger partial charge is 0.358 e. The fourth-order valence-corrected chi connectivity index (χ4v) is 1.71. The number of hydrogen-bond acceptors (Lipinski definition) is 6. The molecule has 0 spiro atoms. The molecule has 9 nitrogen and oxygen atoms in total. The molecule has 0 saturated heterocycles. The Morgan fingerprint density at radius 2 is 2.20 bits per heavy atom. The van der Waals surface area contributed by atoms with Crippen molar-refractivity contribution in [2.75, 3.05) is 7.11 Å². The minimum atomic E-state index is -1.22. The zero-order valence-electron chi connectivity index (χ0n) is 10.6. The first-order chi connectivity index (χ1) is 9.45. The number of ether oxygens (including phenoxy) is 1. The lowest BCUT2D eigenvalue weighted by Crippen LogP contribution is -2.05. The lowest BCUT2D eigenvalue weighted by molar-refractivity contribution is -0.384. The highest BCUT2D eigenvalue weighted by atomic mass is 16.6. The van der Waals surface area contributed by atoms with Gasteiger partial charge in [0.2, 0.25) is 0 Å². The molecule has 104 valence electrons. The number of aromatic carboxylic acids is 1. The number of hydrogen-bond donors (Lipinski definition) is 1. The van der Waals surface area contributed by atoms with Gasteiger partial charge in [0.05, 0.1) is 17.7 Å². The highest BCUT2D eigenvalue weighted by molar-refractivity contribution is 5.86. The SMILES string of the molecule is COc1ccc([N+](=O)[O-])cc1-n1nnc(C(=O)O)c1C. The zero-order valence-corrected chi connectivity index (χ0v) is 10.6. The van der Waals surface area contributed by atoms with Crippen molar-refractivity contribution < 1.29 is 19.6 Å². The van der Waals surface area contributed by atoms with Gasteiger partial charge in [-0.25, -0.2) is 9.48 Å². The third-order valence-electron chi connectivity index (χ3n) is 2.70. The van der Waals surface area contributed by atoms with Crippen LogP contribution in [0.25, 0.3) is 5.69 Å². The van der Waals surface area contributed by atoms with Crippen LogP contribution in [0.2, 0.25) is 0 Å². The summed E-state index contributed by atoms with van der Waals surface area (Å²) < 4.78 is 6.29. The summed E-state index contributed by atoms with van der Waals surface area (Å²) in [5, 5.41) is 27.0. The van der Waals surface area contributed by atoms with Gasteiger partial charge in [-0.2, -0.15) is 0 Å². The maximum Gasteiger partial charge on any atom is 0.358 e. The molecule has 1 aromatic heterocycles. The Morgan fingerprint density at radius 1 is 1.50 bits per heavy atom. The van der Waals surface area contributed by atoms with Crippen molar-refractivity contribution in [3.8, 4) is 11.4 Å². The first-order valence-electron chi connectivity index (χ1n) is 5.44. The number of rotatable bonds is 4. The van der Waals surface area contributed by atoms with Crippen LogP contribution in [0.15, 0.2) is 18.2 Å². The number of nitrogens with zero attached hydrogens (tertiary/aromatic N) is 4. The normalized spacial score (nSPS) is 10.3. The van der Waals surface area contributed by atoms with E-state index in [-0.39, 0.29) is 22.8 Å². The molecule has 0 saturated carbocycles. The molecule has 1 N–H and O–H groups in total. The van der Waals surface area contributed by atoms with Gasteiger partial charge in [0, 0.05) is 12.1 Å². The maximum atomic E-state index is 10.9. The van der Waals surface area contributed by atoms with E-state index >= 15 is 0 Å². The second-order valence-corrected chi connectivity index (χ2v) is 3.85. The van der Waals surface area contributed by atoms with E-state index < -0.39 is 10.9 Å². The van der Waals surface area contributed by atoms with Gasteiger partial charge < -0.3 is 9.84 Å². The van der Waals surface area contributed by atoms with Gasteiger partial charge in [-0.3, -0.25) is 10.1 Å². The molecule has 0 bridgehead atoms. The third-order valence-corrected chi connectivity index (χ3v) is 2.70. The summed E-state index contributed by atoms with van der Waals surface area (Å²) >= 11 is 0. The molecule has 9 heteroatoms. The topological polar surface area (TPSA) is 120 Å². The molecule has 2 aromatic rings. The molecule has 1 aromatic carbocycles. The van der Waals surface area contributed by atoms with Gasteiger partial charge in [-0.1, -0.05) is 5.21 Å². The van der Waals surface area contributed by atoms with Crippen molar-refractivity contribution in [2.24, 2.45) is 0 Å². The minimum Gasteiger partial charge on any atom is -0.494 e. The maximum absolute atomic E-state index is 10.9. The number of carboxylic acids is 1. The number of aromatic nitrogens is 3. The Balaban J connectivity index is 2.64. The summed E-state index contributed by atoms with van der Waals surface area (Å²) in [4.78, 5) is 21.2. The van der Waals surface area contributed by atoms with Gasteiger partial charge >= 0.3 is 5.97 Å². The molecule has 2 rings (SSSR count). The fraction of sp³-hybridized carbons (Fsp3) is 0.182. The van der Waals surface area contributed by atoms with E-state index in [2.05, 4.69) is 10.3 Å². The molecule has 0 aliphatic heterocycles. The standard InChI is InChI=1S/C11H10N4O5/c1-6-10(11(16)17)12-13-14(6)8-5-7(15(18)19)3-4-9(8)20-2/h3-5H,1-2H3,(H,16,17). The fourth-order valence-electron chi connectivity index (χ4n) is 1.71. The Bertz CT molecular complexity index is 694. The van der Waals surface area contributed by atoms with Gasteiger partial charge in [0.1, 0.15) is 11.4 Å². The highest BCUT2D eigenvalue weighted by Crippen LogP contribution is 2.28. The quantitative estimate of drug-likeness (QED) is 0.658. The second-order valence-electron chi connectivity index (χ2n) is 3.85. The molecule has 0 aliphatic carbocycles. The van der Waals surface area contributed by atoms with Crippen LogP contribution in [0, 0.1) is 17.0 Å². The van der Waals surface area contributed by atoms with Crippen LogP contribution in [0.4, 0.5) is 5.69 Å². The molecular formula is C11H10N4O5. The number of carboxylic acid groups (broad SMARTS) is 1. The summed E-state index contributed by atoms with van der Waals surface area (Å²) in [6.07, 6.45) is 0. The van der Waals surface area contributed by atoms with E-state index in [0.29, 0.717) is 5.75 Å². The monoisotopic (exact) mass is 278 g/mol. The first kappa shape index (κ1) is 13.5. The third kappa shape index (κ3) is 2.16. The molecule has 0 aliphatic rings. The number of nitro groups is 1. The van der Waals surface area contributed by atoms with E-state index in [4.69, 9.17) is 9.84 Å². The van der Waals surface area contributed by atoms with E-state index in [1.165, 1.54) is 36.9 Å². The first-order valence-corrected chi connectivity index (χ1v) is 5.44. The summed E-state index contributed by atoms with van der Waals surface area (Å²) in [7, 11) is 1.40. The van der Waals surface area contributed by atoms with Crippen molar-refractivity contribution in [2.45, 2.75) is 6.92 Å². The number of methoxy groups -OCH3 is 1. The second kappa shape index (κ2) is 4.96. The van der Waals surface area contributed by atoms with E-state index in [1.807, 2.05) is 0 Å². The van der Waals surface area contributed by atoms with Crippen LogP contribution in [-0.4, -0.2) is 38.1 Å². The number of benzene rings is 1. The predicted molar refractivity (Wildman–Crippen MR) is 66.3 cm³/mol. The van der Waals surface area contributed by atoms with Crippen molar-refractivity contribution >= 4 is 11.7 Å². The van der Waals surface area contributed by atoms with Gasteiger partial charge in [-0.15, -0.1) is 5.10 Å². The molecule has 0 unspecified atom stereocenters. The van der Waals surface area contributed by atoms with Crippen molar-refractivity contribution in [3.63, 3.8) is 0 Å². The Kier molecular flexibility index (Phi) is 3.34. The summed E-state index contributed by atoms with van der Waals surface area (Å²) in [6.45, 7) is 1.50. The van der Waals surface area contributed by atoms with Gasteiger partial charge in [0.15, 0.2) is 5.69 Å². The van der Waals surface area contributed by atoms with E-state index in [9.17, 15) is 14.9 Å². The predicted octanol–water partition coefficient (Wildman–Crippen LogP) is 1.19. The van der Waals surface area contributed by atoms with E-state index in [0.717, 1.165) is 0 Å². The number of carbonyl (C=O) groups is 1. The minimum absolute atomic E-state index is 0.160.